The number of hydrogen-bond donors (Lipinski definition) is 1. The molecule has 1 amide bonds. The van der Waals surface area contributed by atoms with Crippen LogP contribution in [0.3, 0.4) is 0 Å². The Labute approximate surface area is 176 Å². The summed E-state index contributed by atoms with van der Waals surface area (Å²) in [6.07, 6.45) is 0. The topological polar surface area (TPSA) is 85.6 Å². The number of ether oxygens (including phenoxy) is 1. The van der Waals surface area contributed by atoms with Crippen LogP contribution in [0.25, 0.3) is 11.0 Å². The van der Waals surface area contributed by atoms with E-state index in [2.05, 4.69) is 5.32 Å². The molecule has 0 aliphatic rings. The summed E-state index contributed by atoms with van der Waals surface area (Å²) in [5.74, 6) is -1.06. The van der Waals surface area contributed by atoms with Crippen LogP contribution >= 0.6 is 11.3 Å². The van der Waals surface area contributed by atoms with Gasteiger partial charge in [0, 0.05) is 16.6 Å². The van der Waals surface area contributed by atoms with Crippen molar-refractivity contribution < 1.29 is 23.5 Å². The van der Waals surface area contributed by atoms with Crippen molar-refractivity contribution in [1.29, 1.82) is 0 Å². The van der Waals surface area contributed by atoms with Gasteiger partial charge >= 0.3 is 5.97 Å². The van der Waals surface area contributed by atoms with E-state index in [1.165, 1.54) is 23.5 Å². The fraction of sp³-hybridized carbons (Fsp3) is 0.0870. The molecule has 4 aromatic rings. The number of amides is 1. The first-order valence-corrected chi connectivity index (χ1v) is 10.0. The molecule has 0 unspecified atom stereocenters. The Bertz CT molecular complexity index is 1220. The number of rotatable bonds is 6. The molecule has 30 heavy (non-hydrogen) atoms. The number of hydrogen-bond acceptors (Lipinski definition) is 6. The summed E-state index contributed by atoms with van der Waals surface area (Å²) in [5.41, 5.74) is 2.17. The maximum absolute atomic E-state index is 12.4. The number of aryl methyl sites for hydroxylation is 1. The third-order valence-corrected chi connectivity index (χ3v) is 5.42. The molecule has 0 atom stereocenters. The quantitative estimate of drug-likeness (QED) is 0.347. The number of nitrogens with one attached hydrogen (secondary N) is 1. The molecule has 0 saturated heterocycles. The van der Waals surface area contributed by atoms with E-state index in [1.54, 1.807) is 37.3 Å². The molecule has 0 bridgehead atoms. The van der Waals surface area contributed by atoms with Crippen molar-refractivity contribution in [3.05, 3.63) is 87.8 Å². The minimum absolute atomic E-state index is 0.190. The molecule has 1 N–H and O–H groups in total. The maximum Gasteiger partial charge on any atom is 0.338 e. The predicted molar refractivity (Wildman–Crippen MR) is 114 cm³/mol. The Morgan fingerprint density at radius 1 is 1.00 bits per heavy atom. The molecule has 0 spiro atoms. The molecule has 2 heterocycles. The van der Waals surface area contributed by atoms with E-state index in [9.17, 15) is 14.4 Å². The fourth-order valence-corrected chi connectivity index (χ4v) is 3.63. The third-order valence-electron chi connectivity index (χ3n) is 4.55. The van der Waals surface area contributed by atoms with Gasteiger partial charge in [-0.15, -0.1) is 11.3 Å². The Hall–Kier alpha value is -3.71. The molecule has 0 aliphatic carbocycles. The van der Waals surface area contributed by atoms with E-state index in [-0.39, 0.29) is 17.2 Å². The zero-order valence-electron chi connectivity index (χ0n) is 16.0. The molecule has 6 nitrogen and oxygen atoms in total. The highest BCUT2D eigenvalue weighted by atomic mass is 32.1. The minimum Gasteiger partial charge on any atom is -0.454 e. The SMILES string of the molecule is Cc1c(C(=O)COC(=O)c2ccc(NC(=O)c3cccs3)cc2)oc2ccccc12. The van der Waals surface area contributed by atoms with Crippen molar-refractivity contribution in [3.63, 3.8) is 0 Å². The van der Waals surface area contributed by atoms with Crippen LogP contribution in [0.5, 0.6) is 0 Å². The summed E-state index contributed by atoms with van der Waals surface area (Å²) in [6.45, 7) is 1.38. The average molecular weight is 419 g/mol. The molecule has 0 saturated carbocycles. The van der Waals surface area contributed by atoms with Gasteiger partial charge < -0.3 is 14.5 Å². The van der Waals surface area contributed by atoms with Gasteiger partial charge in [0.05, 0.1) is 10.4 Å². The second-order valence-electron chi connectivity index (χ2n) is 6.56. The van der Waals surface area contributed by atoms with E-state index < -0.39 is 18.4 Å². The molecular formula is C23H17NO5S. The van der Waals surface area contributed by atoms with Crippen LogP contribution in [-0.4, -0.2) is 24.3 Å². The summed E-state index contributed by atoms with van der Waals surface area (Å²) >= 11 is 1.34. The van der Waals surface area contributed by atoms with Gasteiger partial charge in [0.25, 0.3) is 5.91 Å². The van der Waals surface area contributed by atoms with Crippen molar-refractivity contribution in [1.82, 2.24) is 0 Å². The lowest BCUT2D eigenvalue weighted by atomic mass is 10.1. The van der Waals surface area contributed by atoms with Crippen LogP contribution in [0.15, 0.2) is 70.5 Å². The first-order chi connectivity index (χ1) is 14.5. The van der Waals surface area contributed by atoms with Gasteiger partial charge in [0.15, 0.2) is 12.4 Å². The van der Waals surface area contributed by atoms with Crippen molar-refractivity contribution in [2.45, 2.75) is 6.92 Å². The standard InChI is InChI=1S/C23H17NO5S/c1-14-17-5-2-3-6-19(17)29-21(14)18(25)13-28-23(27)15-8-10-16(11-9-15)24-22(26)20-7-4-12-30-20/h2-12H,13H2,1H3,(H,24,26). The number of thiophene rings is 1. The molecule has 0 aliphatic heterocycles. The summed E-state index contributed by atoms with van der Waals surface area (Å²) in [7, 11) is 0. The highest BCUT2D eigenvalue weighted by Crippen LogP contribution is 2.25. The van der Waals surface area contributed by atoms with Crippen LogP contribution in [0.4, 0.5) is 5.69 Å². The van der Waals surface area contributed by atoms with Crippen molar-refractivity contribution >= 4 is 45.7 Å². The Morgan fingerprint density at radius 3 is 2.47 bits per heavy atom. The van der Waals surface area contributed by atoms with Crippen LogP contribution < -0.4 is 5.32 Å². The number of para-hydroxylation sites is 1. The number of carbonyl (C=O) groups is 3. The molecule has 0 fully saturated rings. The van der Waals surface area contributed by atoms with Crippen LogP contribution in [-0.2, 0) is 4.74 Å². The Balaban J connectivity index is 1.37. The highest BCUT2D eigenvalue weighted by molar-refractivity contribution is 7.12. The van der Waals surface area contributed by atoms with Crippen molar-refractivity contribution in [2.75, 3.05) is 11.9 Å². The maximum atomic E-state index is 12.4. The van der Waals surface area contributed by atoms with E-state index in [4.69, 9.17) is 9.15 Å². The molecule has 2 aromatic carbocycles. The molecule has 150 valence electrons. The first-order valence-electron chi connectivity index (χ1n) is 9.16. The molecule has 4 rings (SSSR count). The average Bonchev–Trinajstić information content (AvgIpc) is 3.41. The van der Waals surface area contributed by atoms with Gasteiger partial charge in [-0.1, -0.05) is 24.3 Å². The molecular weight excluding hydrogens is 402 g/mol. The number of benzene rings is 2. The first kappa shape index (κ1) is 19.6. The number of anilines is 1. The number of furan rings is 1. The van der Waals surface area contributed by atoms with E-state index >= 15 is 0 Å². The van der Waals surface area contributed by atoms with Gasteiger partial charge in [-0.05, 0) is 48.7 Å². The fourth-order valence-electron chi connectivity index (χ4n) is 3.01. The van der Waals surface area contributed by atoms with Crippen molar-refractivity contribution in [2.24, 2.45) is 0 Å². The van der Waals surface area contributed by atoms with E-state index in [0.717, 1.165) is 10.9 Å². The second-order valence-corrected chi connectivity index (χ2v) is 7.51. The zero-order valence-corrected chi connectivity index (χ0v) is 16.8. The minimum atomic E-state index is -0.631. The van der Waals surface area contributed by atoms with Gasteiger partial charge in [0.2, 0.25) is 5.78 Å². The Morgan fingerprint density at radius 2 is 1.77 bits per heavy atom. The van der Waals surface area contributed by atoms with Gasteiger partial charge in [-0.2, -0.15) is 0 Å². The summed E-state index contributed by atoms with van der Waals surface area (Å²) < 4.78 is 10.7. The summed E-state index contributed by atoms with van der Waals surface area (Å²) in [5, 5.41) is 5.43. The number of fused-ring (bicyclic) bond motifs is 1. The molecule has 2 aromatic heterocycles. The third kappa shape index (κ3) is 4.01. The van der Waals surface area contributed by atoms with Gasteiger partial charge in [-0.3, -0.25) is 9.59 Å². The highest BCUT2D eigenvalue weighted by Gasteiger charge is 2.19. The number of ketones is 1. The van der Waals surface area contributed by atoms with Gasteiger partial charge in [-0.25, -0.2) is 4.79 Å². The lowest BCUT2D eigenvalue weighted by Gasteiger charge is -2.06. The second kappa shape index (κ2) is 8.34. The lowest BCUT2D eigenvalue weighted by molar-refractivity contribution is 0.0468. The Kier molecular flexibility index (Phi) is 5.45. The zero-order chi connectivity index (χ0) is 21.1. The number of carbonyl (C=O) groups excluding carboxylic acids is 3. The van der Waals surface area contributed by atoms with Crippen LogP contribution in [0, 0.1) is 6.92 Å². The molecule has 0 radical (unpaired) electrons. The van der Waals surface area contributed by atoms with Crippen LogP contribution in [0.2, 0.25) is 0 Å². The van der Waals surface area contributed by atoms with Gasteiger partial charge in [0.1, 0.15) is 5.58 Å². The number of Topliss-reactive ketones (excluding diaryl/α,β-unsaturated/α-hetero) is 1. The monoisotopic (exact) mass is 419 g/mol. The van der Waals surface area contributed by atoms with Crippen LogP contribution in [0.1, 0.15) is 36.1 Å². The number of esters is 1. The van der Waals surface area contributed by atoms with E-state index in [1.807, 2.05) is 23.6 Å². The lowest BCUT2D eigenvalue weighted by Crippen LogP contribution is -2.15. The normalized spacial score (nSPS) is 10.7. The molecule has 7 heteroatoms. The summed E-state index contributed by atoms with van der Waals surface area (Å²) in [6, 6.07) is 17.1. The largest absolute Gasteiger partial charge is 0.454 e. The predicted octanol–water partition coefficient (Wildman–Crippen LogP) is 5.09. The van der Waals surface area contributed by atoms with E-state index in [0.29, 0.717) is 16.1 Å². The van der Waals surface area contributed by atoms with Crippen molar-refractivity contribution in [3.8, 4) is 0 Å². The smallest absolute Gasteiger partial charge is 0.338 e. The summed E-state index contributed by atoms with van der Waals surface area (Å²) in [4.78, 5) is 37.4.